The maximum absolute atomic E-state index is 12.1. The van der Waals surface area contributed by atoms with Gasteiger partial charge in [0.25, 0.3) is 10.0 Å². The molecule has 0 amide bonds. The van der Waals surface area contributed by atoms with Crippen molar-refractivity contribution in [3.63, 3.8) is 0 Å². The van der Waals surface area contributed by atoms with Gasteiger partial charge in [-0.25, -0.2) is 8.42 Å². The standard InChI is InChI=1S/C13H11N3O2S/c14-9-10-8-11(15)6-7-13(10)16-19(17,18)12-4-2-1-3-5-12/h1-8,16H,15H2. The van der Waals surface area contributed by atoms with Crippen LogP contribution in [-0.2, 0) is 10.0 Å². The molecule has 0 saturated heterocycles. The molecular formula is C13H11N3O2S. The highest BCUT2D eigenvalue weighted by molar-refractivity contribution is 7.92. The van der Waals surface area contributed by atoms with Crippen LogP contribution in [0.25, 0.3) is 0 Å². The Labute approximate surface area is 111 Å². The SMILES string of the molecule is N#Cc1cc(N)ccc1NS(=O)(=O)c1ccccc1. The second kappa shape index (κ2) is 5.00. The number of sulfonamides is 1. The summed E-state index contributed by atoms with van der Waals surface area (Å²) >= 11 is 0. The molecule has 0 unspecified atom stereocenters. The van der Waals surface area contributed by atoms with Crippen molar-refractivity contribution in [3.8, 4) is 6.07 Å². The molecule has 0 radical (unpaired) electrons. The number of hydrogen-bond donors (Lipinski definition) is 2. The topological polar surface area (TPSA) is 96.0 Å². The van der Waals surface area contributed by atoms with E-state index in [9.17, 15) is 8.42 Å². The monoisotopic (exact) mass is 273 g/mol. The number of nitriles is 1. The van der Waals surface area contributed by atoms with Crippen molar-refractivity contribution in [2.24, 2.45) is 0 Å². The maximum Gasteiger partial charge on any atom is 0.261 e. The summed E-state index contributed by atoms with van der Waals surface area (Å²) in [5, 5.41) is 8.97. The molecule has 19 heavy (non-hydrogen) atoms. The van der Waals surface area contributed by atoms with E-state index in [0.717, 1.165) is 0 Å². The molecule has 96 valence electrons. The van der Waals surface area contributed by atoms with Gasteiger partial charge in [0.15, 0.2) is 0 Å². The van der Waals surface area contributed by atoms with E-state index in [2.05, 4.69) is 4.72 Å². The lowest BCUT2D eigenvalue weighted by molar-refractivity contribution is 0.601. The highest BCUT2D eigenvalue weighted by atomic mass is 32.2. The quantitative estimate of drug-likeness (QED) is 0.835. The lowest BCUT2D eigenvalue weighted by atomic mass is 10.2. The predicted molar refractivity (Wildman–Crippen MR) is 72.8 cm³/mol. The van der Waals surface area contributed by atoms with Gasteiger partial charge in [0.2, 0.25) is 0 Å². The molecule has 2 aromatic carbocycles. The van der Waals surface area contributed by atoms with E-state index in [0.29, 0.717) is 5.69 Å². The van der Waals surface area contributed by atoms with Crippen LogP contribution in [0.15, 0.2) is 53.4 Å². The summed E-state index contributed by atoms with van der Waals surface area (Å²) in [5.74, 6) is 0. The molecule has 3 N–H and O–H groups in total. The Hall–Kier alpha value is -2.52. The summed E-state index contributed by atoms with van der Waals surface area (Å²) in [4.78, 5) is 0.135. The summed E-state index contributed by atoms with van der Waals surface area (Å²) in [5.41, 5.74) is 6.34. The summed E-state index contributed by atoms with van der Waals surface area (Å²) in [6.45, 7) is 0. The fourth-order valence-electron chi connectivity index (χ4n) is 1.55. The molecule has 0 aliphatic carbocycles. The van der Waals surface area contributed by atoms with Gasteiger partial charge in [-0.1, -0.05) is 18.2 Å². The van der Waals surface area contributed by atoms with Crippen molar-refractivity contribution in [3.05, 3.63) is 54.1 Å². The highest BCUT2D eigenvalue weighted by Gasteiger charge is 2.15. The third-order valence-corrected chi connectivity index (χ3v) is 3.84. The normalized spacial score (nSPS) is 10.7. The summed E-state index contributed by atoms with van der Waals surface area (Å²) in [6.07, 6.45) is 0. The zero-order valence-electron chi connectivity index (χ0n) is 9.87. The molecule has 0 aromatic heterocycles. The van der Waals surface area contributed by atoms with Crippen molar-refractivity contribution < 1.29 is 8.42 Å². The van der Waals surface area contributed by atoms with Crippen LogP contribution < -0.4 is 10.5 Å². The van der Waals surface area contributed by atoms with Crippen LogP contribution in [0.1, 0.15) is 5.56 Å². The van der Waals surface area contributed by atoms with E-state index in [1.165, 1.54) is 30.3 Å². The van der Waals surface area contributed by atoms with Crippen LogP contribution in [0.4, 0.5) is 11.4 Å². The molecular weight excluding hydrogens is 262 g/mol. The van der Waals surface area contributed by atoms with E-state index in [1.807, 2.05) is 6.07 Å². The zero-order valence-corrected chi connectivity index (χ0v) is 10.7. The smallest absolute Gasteiger partial charge is 0.261 e. The Morgan fingerprint density at radius 1 is 1.11 bits per heavy atom. The minimum atomic E-state index is -3.70. The molecule has 0 heterocycles. The second-order valence-corrected chi connectivity index (χ2v) is 5.52. The lowest BCUT2D eigenvalue weighted by Gasteiger charge is -2.09. The number of nitrogens with two attached hydrogens (primary N) is 1. The van der Waals surface area contributed by atoms with Crippen molar-refractivity contribution >= 4 is 21.4 Å². The summed E-state index contributed by atoms with van der Waals surface area (Å²) in [6, 6.07) is 14.3. The van der Waals surface area contributed by atoms with Gasteiger partial charge < -0.3 is 5.73 Å². The third-order valence-electron chi connectivity index (χ3n) is 2.46. The molecule has 0 saturated carbocycles. The van der Waals surface area contributed by atoms with Crippen LogP contribution in [0.2, 0.25) is 0 Å². The molecule has 6 heteroatoms. The van der Waals surface area contributed by atoms with E-state index < -0.39 is 10.0 Å². The number of nitrogen functional groups attached to an aromatic ring is 1. The summed E-state index contributed by atoms with van der Waals surface area (Å²) < 4.78 is 26.6. The number of anilines is 2. The molecule has 0 aliphatic heterocycles. The third kappa shape index (κ3) is 2.84. The Bertz CT molecular complexity index is 734. The van der Waals surface area contributed by atoms with Crippen molar-refractivity contribution in [2.75, 3.05) is 10.5 Å². The Kier molecular flexibility index (Phi) is 3.40. The molecule has 0 fully saturated rings. The van der Waals surface area contributed by atoms with E-state index in [4.69, 9.17) is 11.0 Å². The number of benzene rings is 2. The Balaban J connectivity index is 2.40. The van der Waals surface area contributed by atoms with Gasteiger partial charge in [-0.3, -0.25) is 4.72 Å². The lowest BCUT2D eigenvalue weighted by Crippen LogP contribution is -2.13. The predicted octanol–water partition coefficient (Wildman–Crippen LogP) is 1.94. The fraction of sp³-hybridized carbons (Fsp3) is 0. The van der Waals surface area contributed by atoms with Crippen LogP contribution >= 0.6 is 0 Å². The van der Waals surface area contributed by atoms with E-state index >= 15 is 0 Å². The number of rotatable bonds is 3. The van der Waals surface area contributed by atoms with Gasteiger partial charge in [0.1, 0.15) is 6.07 Å². The Morgan fingerprint density at radius 3 is 2.42 bits per heavy atom. The first-order valence-corrected chi connectivity index (χ1v) is 6.89. The zero-order chi connectivity index (χ0) is 13.9. The number of nitrogens with one attached hydrogen (secondary N) is 1. The van der Waals surface area contributed by atoms with Crippen molar-refractivity contribution in [1.29, 1.82) is 5.26 Å². The van der Waals surface area contributed by atoms with Gasteiger partial charge in [-0.05, 0) is 30.3 Å². The molecule has 2 aromatic rings. The van der Waals surface area contributed by atoms with Crippen LogP contribution in [0.5, 0.6) is 0 Å². The average Bonchev–Trinajstić information content (AvgIpc) is 2.41. The molecule has 5 nitrogen and oxygen atoms in total. The number of nitrogens with zero attached hydrogens (tertiary/aromatic N) is 1. The average molecular weight is 273 g/mol. The number of hydrogen-bond acceptors (Lipinski definition) is 4. The fourth-order valence-corrected chi connectivity index (χ4v) is 2.65. The molecule has 0 bridgehead atoms. The molecule has 0 atom stereocenters. The van der Waals surface area contributed by atoms with Crippen LogP contribution in [0, 0.1) is 11.3 Å². The van der Waals surface area contributed by atoms with Gasteiger partial charge in [0, 0.05) is 5.69 Å². The van der Waals surface area contributed by atoms with Crippen LogP contribution in [-0.4, -0.2) is 8.42 Å². The molecule has 0 spiro atoms. The maximum atomic E-state index is 12.1. The summed E-state index contributed by atoms with van der Waals surface area (Å²) in [7, 11) is -3.70. The van der Waals surface area contributed by atoms with Crippen molar-refractivity contribution in [2.45, 2.75) is 4.90 Å². The highest BCUT2D eigenvalue weighted by Crippen LogP contribution is 2.21. The minimum absolute atomic E-state index is 0.135. The minimum Gasteiger partial charge on any atom is -0.399 e. The van der Waals surface area contributed by atoms with Gasteiger partial charge in [0.05, 0.1) is 16.1 Å². The molecule has 0 aliphatic rings. The first kappa shape index (κ1) is 12.9. The largest absolute Gasteiger partial charge is 0.399 e. The Morgan fingerprint density at radius 2 is 1.79 bits per heavy atom. The van der Waals surface area contributed by atoms with Crippen LogP contribution in [0.3, 0.4) is 0 Å². The first-order valence-electron chi connectivity index (χ1n) is 5.40. The van der Waals surface area contributed by atoms with E-state index in [-0.39, 0.29) is 16.1 Å². The van der Waals surface area contributed by atoms with E-state index in [1.54, 1.807) is 18.2 Å². The van der Waals surface area contributed by atoms with Gasteiger partial charge in [-0.2, -0.15) is 5.26 Å². The van der Waals surface area contributed by atoms with Crippen molar-refractivity contribution in [1.82, 2.24) is 0 Å². The first-order chi connectivity index (χ1) is 9.03. The molecule has 2 rings (SSSR count). The van der Waals surface area contributed by atoms with Gasteiger partial charge in [-0.15, -0.1) is 0 Å². The second-order valence-electron chi connectivity index (χ2n) is 3.84. The van der Waals surface area contributed by atoms with Gasteiger partial charge >= 0.3 is 0 Å².